The molecule has 3 N–H and O–H groups in total. The van der Waals surface area contributed by atoms with Crippen LogP contribution in [0.4, 0.5) is 0 Å². The van der Waals surface area contributed by atoms with Crippen molar-refractivity contribution >= 4 is 5.91 Å². The molecular formula is C17H26N2O2. The highest BCUT2D eigenvalue weighted by atomic mass is 16.5. The van der Waals surface area contributed by atoms with Crippen molar-refractivity contribution in [2.45, 2.75) is 58.0 Å². The van der Waals surface area contributed by atoms with Crippen molar-refractivity contribution in [1.29, 1.82) is 0 Å². The summed E-state index contributed by atoms with van der Waals surface area (Å²) in [5.74, 6) is 0.484. The van der Waals surface area contributed by atoms with Crippen LogP contribution in [0.25, 0.3) is 0 Å². The summed E-state index contributed by atoms with van der Waals surface area (Å²) in [6, 6.07) is 6.20. The van der Waals surface area contributed by atoms with Crippen LogP contribution in [0.3, 0.4) is 0 Å². The van der Waals surface area contributed by atoms with Gasteiger partial charge in [-0.3, -0.25) is 4.79 Å². The first-order valence-corrected chi connectivity index (χ1v) is 7.56. The minimum Gasteiger partial charge on any atom is -0.491 e. The summed E-state index contributed by atoms with van der Waals surface area (Å²) in [6.45, 7) is 8.77. The van der Waals surface area contributed by atoms with E-state index in [0.717, 1.165) is 29.7 Å². The third kappa shape index (κ3) is 4.46. The number of nitrogens with two attached hydrogens (primary N) is 1. The summed E-state index contributed by atoms with van der Waals surface area (Å²) < 4.78 is 5.93. The predicted octanol–water partition coefficient (Wildman–Crippen LogP) is 2.28. The van der Waals surface area contributed by atoms with Gasteiger partial charge in [-0.15, -0.1) is 0 Å². The summed E-state index contributed by atoms with van der Waals surface area (Å²) in [5.41, 5.74) is 7.73. The van der Waals surface area contributed by atoms with Gasteiger partial charge in [-0.1, -0.05) is 32.9 Å². The third-order valence-corrected chi connectivity index (χ3v) is 3.71. The van der Waals surface area contributed by atoms with E-state index in [2.05, 4.69) is 38.2 Å². The molecule has 21 heavy (non-hydrogen) atoms. The Kier molecular flexibility index (Phi) is 4.57. The molecule has 1 aliphatic carbocycles. The molecule has 0 aromatic heterocycles. The van der Waals surface area contributed by atoms with Crippen LogP contribution >= 0.6 is 0 Å². The second kappa shape index (κ2) is 6.06. The van der Waals surface area contributed by atoms with E-state index < -0.39 is 6.04 Å². The number of benzene rings is 1. The topological polar surface area (TPSA) is 64.3 Å². The maximum atomic E-state index is 11.5. The smallest absolute Gasteiger partial charge is 0.238 e. The van der Waals surface area contributed by atoms with Crippen LogP contribution in [-0.2, 0) is 10.2 Å². The van der Waals surface area contributed by atoms with Gasteiger partial charge in [-0.2, -0.15) is 0 Å². The highest BCUT2D eigenvalue weighted by Gasteiger charge is 2.28. The Balaban J connectivity index is 2.10. The Labute approximate surface area is 127 Å². The van der Waals surface area contributed by atoms with Gasteiger partial charge >= 0.3 is 0 Å². The number of hydrogen-bond donors (Lipinski definition) is 2. The molecule has 4 nitrogen and oxygen atoms in total. The van der Waals surface area contributed by atoms with E-state index in [-0.39, 0.29) is 17.9 Å². The standard InChI is InChI=1S/C17H26N2O2/c1-11-5-8-13(17(2,3)4)15(9-11)21-10-14(16(18)20)19-12-6-7-12/h5,8-9,12,14,19H,6-7,10H2,1-4H3,(H2,18,20). The number of nitrogens with one attached hydrogen (secondary N) is 1. The molecule has 0 aliphatic heterocycles. The van der Waals surface area contributed by atoms with Crippen molar-refractivity contribution in [2.75, 3.05) is 6.61 Å². The molecule has 0 saturated heterocycles. The van der Waals surface area contributed by atoms with E-state index in [4.69, 9.17) is 10.5 Å². The zero-order chi connectivity index (χ0) is 15.6. The molecule has 0 radical (unpaired) electrons. The average molecular weight is 290 g/mol. The fraction of sp³-hybridized carbons (Fsp3) is 0.588. The average Bonchev–Trinajstić information content (AvgIpc) is 3.16. The normalized spacial score (nSPS) is 16.6. The maximum absolute atomic E-state index is 11.5. The molecule has 2 rings (SSSR count). The fourth-order valence-corrected chi connectivity index (χ4v) is 2.29. The van der Waals surface area contributed by atoms with Gasteiger partial charge in [0.15, 0.2) is 0 Å². The predicted molar refractivity (Wildman–Crippen MR) is 84.5 cm³/mol. The monoisotopic (exact) mass is 290 g/mol. The van der Waals surface area contributed by atoms with Crippen LogP contribution < -0.4 is 15.8 Å². The summed E-state index contributed by atoms with van der Waals surface area (Å²) in [6.07, 6.45) is 2.23. The molecule has 0 spiro atoms. The molecule has 4 heteroatoms. The van der Waals surface area contributed by atoms with Crippen LogP contribution in [0.5, 0.6) is 5.75 Å². The number of amides is 1. The highest BCUT2D eigenvalue weighted by molar-refractivity contribution is 5.80. The molecule has 1 aromatic carbocycles. The van der Waals surface area contributed by atoms with Gasteiger partial charge in [-0.25, -0.2) is 0 Å². The number of rotatable bonds is 6. The van der Waals surface area contributed by atoms with Crippen molar-refractivity contribution in [2.24, 2.45) is 5.73 Å². The van der Waals surface area contributed by atoms with Crippen molar-refractivity contribution in [3.63, 3.8) is 0 Å². The summed E-state index contributed by atoms with van der Waals surface area (Å²) >= 11 is 0. The minimum absolute atomic E-state index is 0.00479. The lowest BCUT2D eigenvalue weighted by Gasteiger charge is -2.24. The van der Waals surface area contributed by atoms with Gasteiger partial charge < -0.3 is 15.8 Å². The van der Waals surface area contributed by atoms with E-state index in [1.165, 1.54) is 0 Å². The molecule has 1 unspecified atom stereocenters. The SMILES string of the molecule is Cc1ccc(C(C)(C)C)c(OCC(NC2CC2)C(N)=O)c1. The fourth-order valence-electron chi connectivity index (χ4n) is 2.29. The quantitative estimate of drug-likeness (QED) is 0.845. The summed E-state index contributed by atoms with van der Waals surface area (Å²) in [5, 5.41) is 3.23. The first kappa shape index (κ1) is 15.8. The van der Waals surface area contributed by atoms with E-state index in [0.29, 0.717) is 6.04 Å². The Bertz CT molecular complexity index is 516. The van der Waals surface area contributed by atoms with Crippen molar-refractivity contribution < 1.29 is 9.53 Å². The Hall–Kier alpha value is -1.55. The van der Waals surface area contributed by atoms with Crippen molar-refractivity contribution in [3.05, 3.63) is 29.3 Å². The molecular weight excluding hydrogens is 264 g/mol. The number of primary amides is 1. The lowest BCUT2D eigenvalue weighted by Crippen LogP contribution is -2.46. The van der Waals surface area contributed by atoms with Gasteiger partial charge in [0.25, 0.3) is 0 Å². The highest BCUT2D eigenvalue weighted by Crippen LogP contribution is 2.32. The van der Waals surface area contributed by atoms with E-state index in [9.17, 15) is 4.79 Å². The number of aryl methyl sites for hydroxylation is 1. The Morgan fingerprint density at radius 2 is 2.10 bits per heavy atom. The number of ether oxygens (including phenoxy) is 1. The second-order valence-electron chi connectivity index (χ2n) is 6.96. The summed E-state index contributed by atoms with van der Waals surface area (Å²) in [4.78, 5) is 11.5. The maximum Gasteiger partial charge on any atom is 0.238 e. The number of carbonyl (C=O) groups excluding carboxylic acids is 1. The van der Waals surface area contributed by atoms with E-state index in [1.807, 2.05) is 13.0 Å². The molecule has 1 saturated carbocycles. The number of hydrogen-bond acceptors (Lipinski definition) is 3. The summed E-state index contributed by atoms with van der Waals surface area (Å²) in [7, 11) is 0. The third-order valence-electron chi connectivity index (χ3n) is 3.71. The zero-order valence-corrected chi connectivity index (χ0v) is 13.4. The zero-order valence-electron chi connectivity index (χ0n) is 13.4. The lowest BCUT2D eigenvalue weighted by atomic mass is 9.86. The van der Waals surface area contributed by atoms with Gasteiger partial charge in [0.05, 0.1) is 0 Å². The first-order chi connectivity index (χ1) is 9.77. The first-order valence-electron chi connectivity index (χ1n) is 7.56. The van der Waals surface area contributed by atoms with Crippen molar-refractivity contribution in [1.82, 2.24) is 5.32 Å². The molecule has 0 bridgehead atoms. The molecule has 1 fully saturated rings. The van der Waals surface area contributed by atoms with E-state index in [1.54, 1.807) is 0 Å². The second-order valence-corrected chi connectivity index (χ2v) is 6.96. The van der Waals surface area contributed by atoms with Crippen LogP contribution in [0.2, 0.25) is 0 Å². The Morgan fingerprint density at radius 1 is 1.43 bits per heavy atom. The number of carbonyl (C=O) groups is 1. The molecule has 1 amide bonds. The van der Waals surface area contributed by atoms with Gasteiger partial charge in [-0.05, 0) is 42.4 Å². The van der Waals surface area contributed by atoms with Crippen molar-refractivity contribution in [3.8, 4) is 5.75 Å². The molecule has 0 heterocycles. The molecule has 1 aromatic rings. The molecule has 116 valence electrons. The van der Waals surface area contributed by atoms with Crippen LogP contribution in [0.15, 0.2) is 18.2 Å². The van der Waals surface area contributed by atoms with Crippen LogP contribution in [0.1, 0.15) is 44.7 Å². The lowest BCUT2D eigenvalue weighted by molar-refractivity contribution is -0.120. The molecule has 1 aliphatic rings. The Morgan fingerprint density at radius 3 is 2.62 bits per heavy atom. The van der Waals surface area contributed by atoms with Crippen LogP contribution in [-0.4, -0.2) is 24.6 Å². The van der Waals surface area contributed by atoms with Gasteiger partial charge in [0, 0.05) is 6.04 Å². The minimum atomic E-state index is -0.425. The van der Waals surface area contributed by atoms with E-state index >= 15 is 0 Å². The van der Waals surface area contributed by atoms with Gasteiger partial charge in [0.2, 0.25) is 5.91 Å². The van der Waals surface area contributed by atoms with Gasteiger partial charge in [0.1, 0.15) is 18.4 Å². The molecule has 1 atom stereocenters. The van der Waals surface area contributed by atoms with Crippen LogP contribution in [0, 0.1) is 6.92 Å². The largest absolute Gasteiger partial charge is 0.491 e.